The average molecular weight is 450 g/mol. The molecule has 0 aliphatic carbocycles. The van der Waals surface area contributed by atoms with E-state index in [1.165, 1.54) is 12.1 Å². The monoisotopic (exact) mass is 450 g/mol. The number of non-ortho nitro benzene ring substituents is 2. The van der Waals surface area contributed by atoms with Crippen molar-refractivity contribution in [1.82, 2.24) is 19.9 Å². The van der Waals surface area contributed by atoms with E-state index in [9.17, 15) is 20.2 Å². The van der Waals surface area contributed by atoms with Crippen molar-refractivity contribution in [3.63, 3.8) is 0 Å². The van der Waals surface area contributed by atoms with Crippen LogP contribution in [0.25, 0.3) is 43.6 Å². The van der Waals surface area contributed by atoms with Gasteiger partial charge in [0.1, 0.15) is 11.0 Å². The van der Waals surface area contributed by atoms with Crippen LogP contribution in [0.2, 0.25) is 0 Å². The van der Waals surface area contributed by atoms with Crippen molar-refractivity contribution in [2.45, 2.75) is 0 Å². The average Bonchev–Trinajstić information content (AvgIpc) is 2.88. The summed E-state index contributed by atoms with van der Waals surface area (Å²) in [5.74, 6) is 0. The summed E-state index contributed by atoms with van der Waals surface area (Å²) in [6.07, 6.45) is 6.53. The van der Waals surface area contributed by atoms with E-state index >= 15 is 0 Å². The molecule has 0 atom stereocenters. The predicted molar refractivity (Wildman–Crippen MR) is 127 cm³/mol. The summed E-state index contributed by atoms with van der Waals surface area (Å²) in [5, 5.41) is 24.5. The van der Waals surface area contributed by atoms with Gasteiger partial charge in [-0.25, -0.2) is 0 Å². The van der Waals surface area contributed by atoms with Crippen LogP contribution in [-0.2, 0) is 0 Å². The third-order valence-corrected chi connectivity index (χ3v) is 5.27. The Kier molecular flexibility index (Phi) is 5.15. The van der Waals surface area contributed by atoms with E-state index in [0.717, 1.165) is 10.8 Å². The Morgan fingerprint density at radius 3 is 1.26 bits per heavy atom. The highest BCUT2D eigenvalue weighted by atomic mass is 16.6. The van der Waals surface area contributed by atoms with Gasteiger partial charge >= 0.3 is 0 Å². The number of hydrogen-bond acceptors (Lipinski definition) is 8. The van der Waals surface area contributed by atoms with Crippen LogP contribution in [0.1, 0.15) is 0 Å². The lowest BCUT2D eigenvalue weighted by Crippen LogP contribution is -1.92. The summed E-state index contributed by atoms with van der Waals surface area (Å²) in [6.45, 7) is 0. The molecule has 0 spiro atoms. The summed E-state index contributed by atoms with van der Waals surface area (Å²) in [6, 6.07) is 16.9. The lowest BCUT2D eigenvalue weighted by atomic mass is 10.1. The first-order valence-corrected chi connectivity index (χ1v) is 10.1. The molecule has 10 heteroatoms. The van der Waals surface area contributed by atoms with Gasteiger partial charge < -0.3 is 0 Å². The zero-order valence-corrected chi connectivity index (χ0v) is 17.4. The van der Waals surface area contributed by atoms with Gasteiger partial charge in [0.05, 0.1) is 31.7 Å². The Bertz CT molecular complexity index is 1610. The summed E-state index contributed by atoms with van der Waals surface area (Å²) < 4.78 is 0. The first-order valence-electron chi connectivity index (χ1n) is 10.1. The van der Waals surface area contributed by atoms with E-state index in [-0.39, 0.29) is 11.4 Å². The number of nitrogens with zero attached hydrogens (tertiary/aromatic N) is 6. The molecule has 4 heterocycles. The van der Waals surface area contributed by atoms with Gasteiger partial charge in [0, 0.05) is 47.7 Å². The number of benzene rings is 2. The topological polar surface area (TPSA) is 138 Å². The normalized spacial score (nSPS) is 10.8. The standard InChI is InChI=1S/2C12H7N3O2/c2*16-15(17)10-7-8-3-1-5-13-11(8)12-9(10)4-2-6-14-12/h2*1-7H. The van der Waals surface area contributed by atoms with Crippen LogP contribution in [0.3, 0.4) is 0 Å². The van der Waals surface area contributed by atoms with Crippen LogP contribution in [-0.4, -0.2) is 29.8 Å². The third kappa shape index (κ3) is 3.58. The molecule has 0 radical (unpaired) electrons. The molecule has 4 aromatic heterocycles. The van der Waals surface area contributed by atoms with Crippen LogP contribution >= 0.6 is 0 Å². The second kappa shape index (κ2) is 8.43. The van der Waals surface area contributed by atoms with Crippen LogP contribution in [0, 0.1) is 20.2 Å². The zero-order valence-electron chi connectivity index (χ0n) is 17.4. The zero-order chi connectivity index (χ0) is 23.7. The Morgan fingerprint density at radius 1 is 0.529 bits per heavy atom. The highest BCUT2D eigenvalue weighted by Crippen LogP contribution is 2.31. The number of nitro benzene ring substituents is 2. The molecule has 0 unspecified atom stereocenters. The van der Waals surface area contributed by atoms with Gasteiger partial charge in [-0.3, -0.25) is 40.2 Å². The molecule has 0 bridgehead atoms. The molecular weight excluding hydrogens is 436 g/mol. The second-order valence-electron chi connectivity index (χ2n) is 7.25. The van der Waals surface area contributed by atoms with Gasteiger partial charge in [-0.1, -0.05) is 12.1 Å². The van der Waals surface area contributed by atoms with Gasteiger partial charge in [0.15, 0.2) is 0 Å². The van der Waals surface area contributed by atoms with Crippen molar-refractivity contribution >= 4 is 55.0 Å². The maximum Gasteiger partial charge on any atom is 0.279 e. The van der Waals surface area contributed by atoms with E-state index in [2.05, 4.69) is 19.9 Å². The molecule has 10 nitrogen and oxygen atoms in total. The number of nitro groups is 2. The van der Waals surface area contributed by atoms with Gasteiger partial charge in [-0.05, 0) is 36.4 Å². The Labute approximate surface area is 190 Å². The molecule has 34 heavy (non-hydrogen) atoms. The van der Waals surface area contributed by atoms with Crippen molar-refractivity contribution in [3.8, 4) is 0 Å². The van der Waals surface area contributed by atoms with Crippen molar-refractivity contribution in [1.29, 1.82) is 0 Å². The molecule has 0 N–H and O–H groups in total. The summed E-state index contributed by atoms with van der Waals surface area (Å²) in [5.41, 5.74) is 2.64. The molecule has 0 saturated heterocycles. The molecule has 2 aromatic carbocycles. The molecule has 6 aromatic rings. The Hall–Kier alpha value is -5.12. The van der Waals surface area contributed by atoms with E-state index in [4.69, 9.17) is 0 Å². The SMILES string of the molecule is O=[N+]([O-])c1cc2cccnc2c2ncccc12.O=[N+]([O-])c1cc2cccnc2c2ncccc12. The van der Waals surface area contributed by atoms with Crippen molar-refractivity contribution in [2.24, 2.45) is 0 Å². The van der Waals surface area contributed by atoms with E-state index < -0.39 is 9.85 Å². The van der Waals surface area contributed by atoms with E-state index in [1.807, 2.05) is 0 Å². The summed E-state index contributed by atoms with van der Waals surface area (Å²) in [4.78, 5) is 38.1. The largest absolute Gasteiger partial charge is 0.279 e. The van der Waals surface area contributed by atoms with Crippen molar-refractivity contribution in [3.05, 3.63) is 106 Å². The summed E-state index contributed by atoms with van der Waals surface area (Å²) in [7, 11) is 0. The number of hydrogen-bond donors (Lipinski definition) is 0. The molecule has 0 fully saturated rings. The molecule has 6 rings (SSSR count). The van der Waals surface area contributed by atoms with Crippen LogP contribution in [0.4, 0.5) is 11.4 Å². The number of pyridine rings is 4. The van der Waals surface area contributed by atoms with Gasteiger partial charge in [-0.15, -0.1) is 0 Å². The molecule has 0 amide bonds. The van der Waals surface area contributed by atoms with Gasteiger partial charge in [-0.2, -0.15) is 0 Å². The number of aromatic nitrogens is 4. The lowest BCUT2D eigenvalue weighted by Gasteiger charge is -2.02. The highest BCUT2D eigenvalue weighted by Gasteiger charge is 2.16. The van der Waals surface area contributed by atoms with Crippen LogP contribution < -0.4 is 0 Å². The van der Waals surface area contributed by atoms with E-state index in [0.29, 0.717) is 32.8 Å². The maximum atomic E-state index is 11.0. The predicted octanol–water partition coefficient (Wildman–Crippen LogP) is 5.38. The smallest absolute Gasteiger partial charge is 0.258 e. The first-order chi connectivity index (χ1) is 16.5. The minimum absolute atomic E-state index is 0.0635. The Balaban J connectivity index is 0.000000142. The molecule has 0 aliphatic rings. The second-order valence-corrected chi connectivity index (χ2v) is 7.25. The number of rotatable bonds is 2. The fourth-order valence-electron chi connectivity index (χ4n) is 3.82. The lowest BCUT2D eigenvalue weighted by molar-refractivity contribution is -0.383. The highest BCUT2D eigenvalue weighted by molar-refractivity contribution is 6.08. The molecule has 164 valence electrons. The minimum Gasteiger partial charge on any atom is -0.258 e. The fourth-order valence-corrected chi connectivity index (χ4v) is 3.82. The van der Waals surface area contributed by atoms with Crippen LogP contribution in [0.5, 0.6) is 0 Å². The summed E-state index contributed by atoms with van der Waals surface area (Å²) >= 11 is 0. The quantitative estimate of drug-likeness (QED) is 0.195. The maximum absolute atomic E-state index is 11.0. The number of fused-ring (bicyclic) bond motifs is 6. The third-order valence-electron chi connectivity index (χ3n) is 5.27. The molecule has 0 saturated carbocycles. The van der Waals surface area contributed by atoms with E-state index in [1.54, 1.807) is 73.3 Å². The van der Waals surface area contributed by atoms with Crippen molar-refractivity contribution < 1.29 is 9.85 Å². The Morgan fingerprint density at radius 2 is 0.882 bits per heavy atom. The van der Waals surface area contributed by atoms with Gasteiger partial charge in [0.25, 0.3) is 11.4 Å². The van der Waals surface area contributed by atoms with Crippen molar-refractivity contribution in [2.75, 3.05) is 0 Å². The molecular formula is C24H14N6O4. The fraction of sp³-hybridized carbons (Fsp3) is 0. The van der Waals surface area contributed by atoms with Gasteiger partial charge in [0.2, 0.25) is 0 Å². The minimum atomic E-state index is -0.392. The first kappa shape index (κ1) is 20.8. The molecule has 0 aliphatic heterocycles. The van der Waals surface area contributed by atoms with Crippen LogP contribution in [0.15, 0.2) is 85.5 Å².